The zero-order valence-electron chi connectivity index (χ0n) is 14.7. The van der Waals surface area contributed by atoms with E-state index in [1.807, 2.05) is 33.0 Å². The van der Waals surface area contributed by atoms with Gasteiger partial charge in [-0.05, 0) is 39.2 Å². The molecule has 0 bridgehead atoms. The lowest BCUT2D eigenvalue weighted by Crippen LogP contribution is -2.50. The van der Waals surface area contributed by atoms with E-state index in [0.717, 1.165) is 29.8 Å². The zero-order chi connectivity index (χ0) is 17.3. The maximum absolute atomic E-state index is 12.3. The lowest BCUT2D eigenvalue weighted by atomic mass is 9.93. The SMILES string of the molecule is C[C@H]1CCN(C(=O)OC(C)(C)C)C[C@@H]1Nc1ncnc2[nH]ccc12. The maximum Gasteiger partial charge on any atom is 0.410 e. The van der Waals surface area contributed by atoms with Gasteiger partial charge in [-0.25, -0.2) is 14.8 Å². The molecule has 24 heavy (non-hydrogen) atoms. The molecule has 1 aliphatic rings. The normalized spacial score (nSPS) is 21.8. The number of nitrogens with one attached hydrogen (secondary N) is 2. The Bertz CT molecular complexity index is 721. The van der Waals surface area contributed by atoms with E-state index in [1.165, 1.54) is 0 Å². The molecule has 2 atom stereocenters. The number of amides is 1. The predicted molar refractivity (Wildman–Crippen MR) is 92.9 cm³/mol. The third-order valence-corrected chi connectivity index (χ3v) is 4.29. The molecular weight excluding hydrogens is 306 g/mol. The number of fused-ring (bicyclic) bond motifs is 1. The average molecular weight is 331 g/mol. The first kappa shape index (κ1) is 16.5. The summed E-state index contributed by atoms with van der Waals surface area (Å²) in [5.74, 6) is 1.23. The Balaban J connectivity index is 1.72. The monoisotopic (exact) mass is 331 g/mol. The van der Waals surface area contributed by atoms with Crippen LogP contribution in [0, 0.1) is 5.92 Å². The van der Waals surface area contributed by atoms with Crippen molar-refractivity contribution in [1.29, 1.82) is 0 Å². The minimum absolute atomic E-state index is 0.124. The number of carbonyl (C=O) groups excluding carboxylic acids is 1. The number of aromatic amines is 1. The predicted octanol–water partition coefficient (Wildman–Crippen LogP) is 3.02. The van der Waals surface area contributed by atoms with Crippen LogP contribution in [0.5, 0.6) is 0 Å². The van der Waals surface area contributed by atoms with Crippen molar-refractivity contribution in [3.05, 3.63) is 18.6 Å². The average Bonchev–Trinajstić information content (AvgIpc) is 2.97. The molecule has 7 nitrogen and oxygen atoms in total. The summed E-state index contributed by atoms with van der Waals surface area (Å²) in [6.07, 6.45) is 4.07. The van der Waals surface area contributed by atoms with Gasteiger partial charge in [0.25, 0.3) is 0 Å². The van der Waals surface area contributed by atoms with Gasteiger partial charge in [-0.15, -0.1) is 0 Å². The first-order valence-electron chi connectivity index (χ1n) is 8.36. The molecule has 1 aliphatic heterocycles. The van der Waals surface area contributed by atoms with Gasteiger partial charge >= 0.3 is 6.09 Å². The molecule has 1 amide bonds. The van der Waals surface area contributed by atoms with Crippen LogP contribution in [0.25, 0.3) is 11.0 Å². The fourth-order valence-corrected chi connectivity index (χ4v) is 2.91. The van der Waals surface area contributed by atoms with Crippen molar-refractivity contribution in [2.24, 2.45) is 5.92 Å². The molecular formula is C17H25N5O2. The molecule has 0 saturated carbocycles. The van der Waals surface area contributed by atoms with Crippen LogP contribution in [0.15, 0.2) is 18.6 Å². The van der Waals surface area contributed by atoms with Crippen LogP contribution in [0.3, 0.4) is 0 Å². The van der Waals surface area contributed by atoms with Gasteiger partial charge in [-0.1, -0.05) is 6.92 Å². The van der Waals surface area contributed by atoms with Crippen LogP contribution in [-0.2, 0) is 4.74 Å². The molecule has 2 aromatic heterocycles. The number of nitrogens with zero attached hydrogens (tertiary/aromatic N) is 3. The molecule has 3 rings (SSSR count). The van der Waals surface area contributed by atoms with E-state index in [9.17, 15) is 4.79 Å². The zero-order valence-corrected chi connectivity index (χ0v) is 14.7. The van der Waals surface area contributed by atoms with Gasteiger partial charge in [0.05, 0.1) is 5.39 Å². The number of aromatic nitrogens is 3. The number of hydrogen-bond acceptors (Lipinski definition) is 5. The van der Waals surface area contributed by atoms with Gasteiger partial charge < -0.3 is 19.9 Å². The second-order valence-electron chi connectivity index (χ2n) is 7.41. The minimum Gasteiger partial charge on any atom is -0.444 e. The molecule has 130 valence electrons. The Morgan fingerprint density at radius 3 is 2.96 bits per heavy atom. The number of rotatable bonds is 2. The molecule has 0 unspecified atom stereocenters. The summed E-state index contributed by atoms with van der Waals surface area (Å²) in [4.78, 5) is 25.8. The fourth-order valence-electron chi connectivity index (χ4n) is 2.91. The number of ether oxygens (including phenoxy) is 1. The summed E-state index contributed by atoms with van der Waals surface area (Å²) in [7, 11) is 0. The van der Waals surface area contributed by atoms with E-state index in [2.05, 4.69) is 27.2 Å². The summed E-state index contributed by atoms with van der Waals surface area (Å²) in [5, 5.41) is 4.44. The van der Waals surface area contributed by atoms with Gasteiger partial charge in [0.15, 0.2) is 0 Å². The van der Waals surface area contributed by atoms with Gasteiger partial charge in [0.1, 0.15) is 23.4 Å². The summed E-state index contributed by atoms with van der Waals surface area (Å²) in [5.41, 5.74) is 0.326. The molecule has 2 N–H and O–H groups in total. The number of likely N-dealkylation sites (tertiary alicyclic amines) is 1. The Labute approximate surface area is 141 Å². The molecule has 7 heteroatoms. The maximum atomic E-state index is 12.3. The standard InChI is InChI=1S/C17H25N5O2/c1-11-6-8-22(16(23)24-17(2,3)4)9-13(11)21-15-12-5-7-18-14(12)19-10-20-15/h5,7,10-11,13H,6,8-9H2,1-4H3,(H2,18,19,20,21)/t11-,13-/m0/s1. The number of hydrogen-bond donors (Lipinski definition) is 2. The largest absolute Gasteiger partial charge is 0.444 e. The summed E-state index contributed by atoms with van der Waals surface area (Å²) >= 11 is 0. The highest BCUT2D eigenvalue weighted by molar-refractivity contribution is 5.86. The van der Waals surface area contributed by atoms with Crippen LogP contribution in [-0.4, -0.2) is 50.7 Å². The highest BCUT2D eigenvalue weighted by Gasteiger charge is 2.31. The lowest BCUT2D eigenvalue weighted by Gasteiger charge is -2.38. The number of carbonyl (C=O) groups is 1. The van der Waals surface area contributed by atoms with E-state index < -0.39 is 5.60 Å². The van der Waals surface area contributed by atoms with Crippen molar-refractivity contribution in [3.63, 3.8) is 0 Å². The van der Waals surface area contributed by atoms with Crippen LogP contribution in [0.4, 0.5) is 10.6 Å². The van der Waals surface area contributed by atoms with Crippen molar-refractivity contribution in [2.45, 2.75) is 45.8 Å². The molecule has 0 aliphatic carbocycles. The van der Waals surface area contributed by atoms with Crippen molar-refractivity contribution in [3.8, 4) is 0 Å². The summed E-state index contributed by atoms with van der Waals surface area (Å²) in [6, 6.07) is 2.08. The van der Waals surface area contributed by atoms with Crippen molar-refractivity contribution in [1.82, 2.24) is 19.9 Å². The number of anilines is 1. The van der Waals surface area contributed by atoms with E-state index in [0.29, 0.717) is 12.5 Å². The third-order valence-electron chi connectivity index (χ3n) is 4.29. The number of H-pyrrole nitrogens is 1. The summed E-state index contributed by atoms with van der Waals surface area (Å²) < 4.78 is 5.50. The van der Waals surface area contributed by atoms with Gasteiger partial charge in [-0.2, -0.15) is 0 Å². The first-order chi connectivity index (χ1) is 11.3. The fraction of sp³-hybridized carbons (Fsp3) is 0.588. The van der Waals surface area contributed by atoms with Crippen molar-refractivity contribution in [2.75, 3.05) is 18.4 Å². The molecule has 0 radical (unpaired) electrons. The minimum atomic E-state index is -0.479. The molecule has 2 aromatic rings. The van der Waals surface area contributed by atoms with E-state index in [4.69, 9.17) is 4.74 Å². The molecule has 1 fully saturated rings. The smallest absolute Gasteiger partial charge is 0.410 e. The molecule has 0 spiro atoms. The molecule has 3 heterocycles. The summed E-state index contributed by atoms with van der Waals surface area (Å²) in [6.45, 7) is 9.17. The second kappa shape index (κ2) is 6.30. The van der Waals surface area contributed by atoms with E-state index >= 15 is 0 Å². The van der Waals surface area contributed by atoms with Crippen LogP contribution in [0.2, 0.25) is 0 Å². The van der Waals surface area contributed by atoms with Gasteiger partial charge in [0, 0.05) is 25.3 Å². The number of piperidine rings is 1. The van der Waals surface area contributed by atoms with E-state index in [1.54, 1.807) is 11.2 Å². The topological polar surface area (TPSA) is 83.1 Å². The third kappa shape index (κ3) is 3.60. The quantitative estimate of drug-likeness (QED) is 0.884. The second-order valence-corrected chi connectivity index (χ2v) is 7.41. The Hall–Kier alpha value is -2.31. The Morgan fingerprint density at radius 1 is 1.42 bits per heavy atom. The Kier molecular flexibility index (Phi) is 4.34. The first-order valence-corrected chi connectivity index (χ1v) is 8.36. The lowest BCUT2D eigenvalue weighted by molar-refractivity contribution is 0.0176. The van der Waals surface area contributed by atoms with Crippen LogP contribution >= 0.6 is 0 Å². The van der Waals surface area contributed by atoms with E-state index in [-0.39, 0.29) is 12.1 Å². The van der Waals surface area contributed by atoms with Crippen molar-refractivity contribution >= 4 is 22.9 Å². The highest BCUT2D eigenvalue weighted by Crippen LogP contribution is 2.25. The van der Waals surface area contributed by atoms with Crippen LogP contribution in [0.1, 0.15) is 34.1 Å². The van der Waals surface area contributed by atoms with Gasteiger partial charge in [0.2, 0.25) is 0 Å². The van der Waals surface area contributed by atoms with Crippen LogP contribution < -0.4 is 5.32 Å². The van der Waals surface area contributed by atoms with Crippen molar-refractivity contribution < 1.29 is 9.53 Å². The Morgan fingerprint density at radius 2 is 2.21 bits per heavy atom. The highest BCUT2D eigenvalue weighted by atomic mass is 16.6. The molecule has 0 aromatic carbocycles. The molecule has 1 saturated heterocycles. The van der Waals surface area contributed by atoms with Gasteiger partial charge in [-0.3, -0.25) is 0 Å².